The normalized spacial score (nSPS) is 11.1. The number of sulfonamides is 1. The van der Waals surface area contributed by atoms with E-state index in [2.05, 4.69) is 20.2 Å². The van der Waals surface area contributed by atoms with Gasteiger partial charge in [0.25, 0.3) is 15.6 Å². The zero-order chi connectivity index (χ0) is 32.5. The zero-order valence-electron chi connectivity index (χ0n) is 23.2. The van der Waals surface area contributed by atoms with Crippen molar-refractivity contribution < 1.29 is 41.1 Å². The molecule has 0 bridgehead atoms. The highest BCUT2D eigenvalue weighted by molar-refractivity contribution is 7.93. The molecule has 0 fully saturated rings. The number of halogens is 3. The Morgan fingerprint density at radius 3 is 2.30 bits per heavy atom. The number of carboxylic acid groups (broad SMARTS) is 1. The molecule has 0 unspecified atom stereocenters. The fourth-order valence-electron chi connectivity index (χ4n) is 3.68. The van der Waals surface area contributed by atoms with E-state index >= 15 is 0 Å². The number of pyridine rings is 1. The average Bonchev–Trinajstić information content (AvgIpc) is 2.89. The predicted octanol–water partition coefficient (Wildman–Crippen LogP) is 1.20. The van der Waals surface area contributed by atoms with Crippen molar-refractivity contribution in [2.45, 2.75) is 24.4 Å². The first kappa shape index (κ1) is 34.2. The Bertz CT molecular complexity index is 1670. The molecule has 2 aromatic carbocycles. The van der Waals surface area contributed by atoms with Crippen molar-refractivity contribution in [3.05, 3.63) is 64.1 Å². The van der Waals surface area contributed by atoms with Gasteiger partial charge in [-0.15, -0.1) is 0 Å². The summed E-state index contributed by atoms with van der Waals surface area (Å²) in [5.74, 6) is -3.46. The molecule has 0 saturated heterocycles. The number of carbonyl (C=O) groups is 2. The molecule has 0 spiro atoms. The maximum Gasteiger partial charge on any atom is 0.490 e. The Morgan fingerprint density at radius 2 is 1.72 bits per heavy atom. The average molecular weight is 630 g/mol. The number of nitrogens with one attached hydrogen (secondary N) is 3. The summed E-state index contributed by atoms with van der Waals surface area (Å²) in [5, 5.41) is 14.3. The lowest BCUT2D eigenvalue weighted by molar-refractivity contribution is -0.192. The third-order valence-corrected chi connectivity index (χ3v) is 6.80. The maximum absolute atomic E-state index is 13.4. The number of oxime groups is 1. The van der Waals surface area contributed by atoms with Gasteiger partial charge in [0, 0.05) is 36.2 Å². The number of anilines is 2. The van der Waals surface area contributed by atoms with Crippen LogP contribution in [0.4, 0.5) is 24.5 Å². The van der Waals surface area contributed by atoms with E-state index in [-0.39, 0.29) is 41.7 Å². The van der Waals surface area contributed by atoms with E-state index in [4.69, 9.17) is 26.2 Å². The number of amides is 1. The van der Waals surface area contributed by atoms with Crippen LogP contribution < -0.4 is 32.0 Å². The molecule has 0 aliphatic heterocycles. The molecule has 43 heavy (non-hydrogen) atoms. The topological polar surface area (TPSA) is 222 Å². The minimum absolute atomic E-state index is 0.0101. The number of aromatic nitrogens is 1. The van der Waals surface area contributed by atoms with Crippen molar-refractivity contribution in [1.29, 1.82) is 0 Å². The van der Waals surface area contributed by atoms with Gasteiger partial charge in [-0.25, -0.2) is 13.2 Å². The summed E-state index contributed by atoms with van der Waals surface area (Å²) in [7, 11) is -0.456. The molecule has 0 saturated carbocycles. The molecule has 14 nitrogen and oxygen atoms in total. The van der Waals surface area contributed by atoms with Gasteiger partial charge in [0.15, 0.2) is 0 Å². The molecule has 18 heteroatoms. The van der Waals surface area contributed by atoms with Crippen molar-refractivity contribution in [1.82, 2.24) is 10.3 Å². The molecule has 3 aromatic rings. The number of carbonyl (C=O) groups excluding carboxylic acids is 1. The first-order valence-corrected chi connectivity index (χ1v) is 13.6. The van der Waals surface area contributed by atoms with Crippen LogP contribution in [-0.2, 0) is 30.9 Å². The standard InChI is InChI=1S/C23H29N7O5S.C2HF3O2/c1-14-12-15(13-20(31)26-10-11-35-28-23(24)25)21(22(32)27-14)29-36(33,34)19-9-5-6-16-17(19)7-4-8-18(16)30(2)3;3-2(4,5)1(6)7/h4-9,12,29H,10-11,13H2,1-3H3,(H,26,31)(H,27,32)(H4,24,25,28);(H,6,7). The van der Waals surface area contributed by atoms with Gasteiger partial charge in [-0.1, -0.05) is 24.3 Å². The second kappa shape index (κ2) is 14.3. The van der Waals surface area contributed by atoms with Crippen LogP contribution in [0.2, 0.25) is 0 Å². The summed E-state index contributed by atoms with van der Waals surface area (Å²) >= 11 is 0. The number of nitrogens with zero attached hydrogens (tertiary/aromatic N) is 2. The van der Waals surface area contributed by atoms with E-state index in [0.29, 0.717) is 11.1 Å². The second-order valence-electron chi connectivity index (χ2n) is 8.99. The highest BCUT2D eigenvalue weighted by Crippen LogP contribution is 2.31. The van der Waals surface area contributed by atoms with Crippen molar-refractivity contribution >= 4 is 50.0 Å². The number of hydrogen-bond donors (Lipinski definition) is 6. The lowest BCUT2D eigenvalue weighted by Crippen LogP contribution is -2.30. The Hall–Kier alpha value is -5.00. The summed E-state index contributed by atoms with van der Waals surface area (Å²) in [5.41, 5.74) is 11.0. The SMILES string of the molecule is Cc1cc(CC(=O)NCCON=C(N)N)c(NS(=O)(=O)c2cccc3c(N(C)C)cccc23)c(=O)[nH]1.O=C(O)C(F)(F)F. The summed E-state index contributed by atoms with van der Waals surface area (Å²) in [4.78, 5) is 43.4. The van der Waals surface area contributed by atoms with Gasteiger partial charge in [-0.3, -0.25) is 14.3 Å². The van der Waals surface area contributed by atoms with Crippen LogP contribution in [0.15, 0.2) is 57.3 Å². The summed E-state index contributed by atoms with van der Waals surface area (Å²) < 4.78 is 61.0. The Kier molecular flexibility index (Phi) is 11.3. The van der Waals surface area contributed by atoms with Crippen LogP contribution in [0.3, 0.4) is 0 Å². The number of fused-ring (bicyclic) bond motifs is 1. The molecule has 0 aliphatic rings. The smallest absolute Gasteiger partial charge is 0.475 e. The molecule has 234 valence electrons. The van der Waals surface area contributed by atoms with Gasteiger partial charge in [0.05, 0.1) is 17.9 Å². The molecule has 0 atom stereocenters. The second-order valence-corrected chi connectivity index (χ2v) is 10.6. The lowest BCUT2D eigenvalue weighted by Gasteiger charge is -2.18. The Labute approximate surface area is 243 Å². The van der Waals surface area contributed by atoms with E-state index in [9.17, 15) is 31.2 Å². The number of guanidine groups is 1. The van der Waals surface area contributed by atoms with Crippen molar-refractivity contribution in [2.75, 3.05) is 36.9 Å². The van der Waals surface area contributed by atoms with Gasteiger partial charge in [0.1, 0.15) is 12.3 Å². The molecule has 1 heterocycles. The molecular formula is C25H30F3N7O7S. The fraction of sp³-hybridized carbons (Fsp3) is 0.280. The first-order chi connectivity index (χ1) is 19.9. The Morgan fingerprint density at radius 1 is 1.12 bits per heavy atom. The molecule has 0 aliphatic carbocycles. The highest BCUT2D eigenvalue weighted by atomic mass is 32.2. The molecule has 1 amide bonds. The van der Waals surface area contributed by atoms with Crippen molar-refractivity contribution in [3.8, 4) is 0 Å². The number of hydrogen-bond acceptors (Lipinski definition) is 8. The van der Waals surface area contributed by atoms with E-state index in [0.717, 1.165) is 11.1 Å². The van der Waals surface area contributed by atoms with Crippen LogP contribution in [0, 0.1) is 6.92 Å². The molecule has 0 radical (unpaired) electrons. The monoisotopic (exact) mass is 629 g/mol. The van der Waals surface area contributed by atoms with Gasteiger partial charge >= 0.3 is 12.1 Å². The summed E-state index contributed by atoms with van der Waals surface area (Å²) in [6.45, 7) is 1.76. The number of aliphatic carboxylic acids is 1. The third kappa shape index (κ3) is 9.80. The van der Waals surface area contributed by atoms with Crippen LogP contribution >= 0.6 is 0 Å². The van der Waals surface area contributed by atoms with Crippen LogP contribution in [0.1, 0.15) is 11.3 Å². The quantitative estimate of drug-likeness (QED) is 0.0814. The van der Waals surface area contributed by atoms with E-state index in [1.165, 1.54) is 6.07 Å². The molecule has 1 aromatic heterocycles. The number of aromatic amines is 1. The number of benzene rings is 2. The van der Waals surface area contributed by atoms with Crippen molar-refractivity contribution in [2.24, 2.45) is 16.6 Å². The molecule has 8 N–H and O–H groups in total. The fourth-order valence-corrected chi connectivity index (χ4v) is 5.01. The number of rotatable bonds is 10. The molecule has 3 rings (SSSR count). The van der Waals surface area contributed by atoms with E-state index < -0.39 is 33.6 Å². The minimum Gasteiger partial charge on any atom is -0.475 e. The van der Waals surface area contributed by atoms with Gasteiger partial charge < -0.3 is 36.6 Å². The van der Waals surface area contributed by atoms with Crippen LogP contribution in [0.5, 0.6) is 0 Å². The summed E-state index contributed by atoms with van der Waals surface area (Å²) in [6.07, 6.45) is -5.33. The first-order valence-electron chi connectivity index (χ1n) is 12.2. The number of alkyl halides is 3. The number of nitrogens with two attached hydrogens (primary N) is 2. The highest BCUT2D eigenvalue weighted by Gasteiger charge is 2.38. The maximum atomic E-state index is 13.4. The summed E-state index contributed by atoms with van der Waals surface area (Å²) in [6, 6.07) is 11.8. The third-order valence-electron chi connectivity index (χ3n) is 5.40. The van der Waals surface area contributed by atoms with E-state index in [1.54, 1.807) is 31.2 Å². The number of aryl methyl sites for hydroxylation is 1. The lowest BCUT2D eigenvalue weighted by atomic mass is 10.1. The molecular weight excluding hydrogens is 599 g/mol. The van der Waals surface area contributed by atoms with Crippen LogP contribution in [0.25, 0.3) is 10.8 Å². The number of carboxylic acids is 1. The van der Waals surface area contributed by atoms with E-state index in [1.807, 2.05) is 31.1 Å². The largest absolute Gasteiger partial charge is 0.490 e. The predicted molar refractivity (Wildman–Crippen MR) is 153 cm³/mol. The van der Waals surface area contributed by atoms with Crippen LogP contribution in [-0.4, -0.2) is 69.8 Å². The number of H-pyrrole nitrogens is 1. The van der Waals surface area contributed by atoms with Gasteiger partial charge in [-0.2, -0.15) is 13.2 Å². The van der Waals surface area contributed by atoms with Crippen molar-refractivity contribution in [3.63, 3.8) is 0 Å². The van der Waals surface area contributed by atoms with Gasteiger partial charge in [-0.05, 0) is 35.8 Å². The zero-order valence-corrected chi connectivity index (χ0v) is 24.0. The minimum atomic E-state index is -5.08. The Balaban J connectivity index is 0.000000821. The van der Waals surface area contributed by atoms with Gasteiger partial charge in [0.2, 0.25) is 11.9 Å².